The minimum atomic E-state index is -3.60. The van der Waals surface area contributed by atoms with Gasteiger partial charge >= 0.3 is 0 Å². The van der Waals surface area contributed by atoms with Crippen molar-refractivity contribution in [2.75, 3.05) is 12.4 Å². The number of sulfonamides is 1. The zero-order valence-electron chi connectivity index (χ0n) is 16.5. The Bertz CT molecular complexity index is 1100. The maximum absolute atomic E-state index is 12.6. The molecule has 158 valence electrons. The van der Waals surface area contributed by atoms with Crippen molar-refractivity contribution in [1.29, 1.82) is 0 Å². The first-order valence-electron chi connectivity index (χ1n) is 9.77. The molecule has 1 aliphatic carbocycles. The lowest BCUT2D eigenvalue weighted by Crippen LogP contribution is -2.39. The van der Waals surface area contributed by atoms with Crippen LogP contribution in [0.2, 0.25) is 0 Å². The van der Waals surface area contributed by atoms with Crippen molar-refractivity contribution in [2.45, 2.75) is 36.6 Å². The van der Waals surface area contributed by atoms with E-state index in [-0.39, 0.29) is 22.8 Å². The number of hydrogen-bond acceptors (Lipinski definition) is 6. The molecule has 1 aromatic heterocycles. The first kappa shape index (κ1) is 20.8. The van der Waals surface area contributed by atoms with Gasteiger partial charge in [0.15, 0.2) is 5.13 Å². The molecule has 9 heteroatoms. The number of carbonyl (C=O) groups excluding carboxylic acids is 1. The predicted octanol–water partition coefficient (Wildman–Crippen LogP) is 3.78. The molecule has 2 N–H and O–H groups in total. The van der Waals surface area contributed by atoms with Gasteiger partial charge in [0, 0.05) is 12.0 Å². The molecular weight excluding hydrogens is 422 g/mol. The van der Waals surface area contributed by atoms with E-state index in [1.54, 1.807) is 12.1 Å². The van der Waals surface area contributed by atoms with Crippen molar-refractivity contribution in [3.63, 3.8) is 0 Å². The molecule has 0 bridgehead atoms. The largest absolute Gasteiger partial charge is 0.497 e. The average Bonchev–Trinajstić information content (AvgIpc) is 3.16. The van der Waals surface area contributed by atoms with Crippen LogP contribution in [0.5, 0.6) is 5.75 Å². The van der Waals surface area contributed by atoms with Crippen LogP contribution in [0.15, 0.2) is 53.4 Å². The van der Waals surface area contributed by atoms with Crippen molar-refractivity contribution >= 4 is 42.6 Å². The zero-order chi connectivity index (χ0) is 21.1. The maximum Gasteiger partial charge on any atom is 0.240 e. The molecule has 0 saturated heterocycles. The van der Waals surface area contributed by atoms with Crippen LogP contribution < -0.4 is 14.8 Å². The van der Waals surface area contributed by atoms with E-state index in [0.717, 1.165) is 10.2 Å². The van der Waals surface area contributed by atoms with Gasteiger partial charge in [-0.25, -0.2) is 18.1 Å². The highest BCUT2D eigenvalue weighted by atomic mass is 32.2. The van der Waals surface area contributed by atoms with Crippen molar-refractivity contribution in [1.82, 2.24) is 9.71 Å². The molecular formula is C21H23N3O4S2. The van der Waals surface area contributed by atoms with Crippen molar-refractivity contribution < 1.29 is 17.9 Å². The molecule has 0 aliphatic heterocycles. The fourth-order valence-corrected chi connectivity index (χ4v) is 5.82. The van der Waals surface area contributed by atoms with Gasteiger partial charge in [-0.1, -0.05) is 23.5 Å². The molecule has 3 aromatic rings. The molecule has 1 aliphatic rings. The highest BCUT2D eigenvalue weighted by Crippen LogP contribution is 2.29. The van der Waals surface area contributed by atoms with E-state index in [4.69, 9.17) is 4.74 Å². The van der Waals surface area contributed by atoms with Crippen molar-refractivity contribution in [3.8, 4) is 5.75 Å². The summed E-state index contributed by atoms with van der Waals surface area (Å²) in [5, 5.41) is 3.52. The first-order chi connectivity index (χ1) is 14.4. The third-order valence-electron chi connectivity index (χ3n) is 5.31. The van der Waals surface area contributed by atoms with Gasteiger partial charge in [-0.3, -0.25) is 4.79 Å². The number of amides is 1. The Morgan fingerprint density at radius 2 is 1.77 bits per heavy atom. The highest BCUT2D eigenvalue weighted by molar-refractivity contribution is 7.89. The van der Waals surface area contributed by atoms with Crippen LogP contribution in [-0.2, 0) is 14.8 Å². The Kier molecular flexibility index (Phi) is 6.03. The lowest BCUT2D eigenvalue weighted by Gasteiger charge is -2.28. The highest BCUT2D eigenvalue weighted by Gasteiger charge is 2.29. The molecule has 0 unspecified atom stereocenters. The second kappa shape index (κ2) is 8.71. The number of aromatic nitrogens is 1. The summed E-state index contributed by atoms with van der Waals surface area (Å²) in [6.07, 6.45) is 2.50. The van der Waals surface area contributed by atoms with Gasteiger partial charge in [-0.2, -0.15) is 0 Å². The number of methoxy groups -OCH3 is 1. The van der Waals surface area contributed by atoms with Crippen molar-refractivity contribution in [2.24, 2.45) is 5.92 Å². The van der Waals surface area contributed by atoms with Crippen LogP contribution in [0.1, 0.15) is 25.7 Å². The summed E-state index contributed by atoms with van der Waals surface area (Å²) in [7, 11) is -2.07. The molecule has 1 fully saturated rings. The van der Waals surface area contributed by atoms with Crippen LogP contribution >= 0.6 is 11.3 Å². The van der Waals surface area contributed by atoms with Gasteiger partial charge in [0.05, 0.1) is 22.2 Å². The Morgan fingerprint density at radius 3 is 2.43 bits per heavy atom. The molecule has 4 rings (SSSR count). The number of hydrogen-bond donors (Lipinski definition) is 2. The summed E-state index contributed by atoms with van der Waals surface area (Å²) in [5.41, 5.74) is 0.870. The summed E-state index contributed by atoms with van der Waals surface area (Å²) in [6, 6.07) is 13.9. The van der Waals surface area contributed by atoms with Gasteiger partial charge in [0.25, 0.3) is 0 Å². The number of anilines is 1. The van der Waals surface area contributed by atoms with Crippen LogP contribution in [0, 0.1) is 5.92 Å². The predicted molar refractivity (Wildman–Crippen MR) is 117 cm³/mol. The molecule has 1 amide bonds. The number of carbonyl (C=O) groups is 1. The summed E-state index contributed by atoms with van der Waals surface area (Å²) in [4.78, 5) is 17.3. The third kappa shape index (κ3) is 4.63. The molecule has 0 spiro atoms. The molecule has 2 aromatic carbocycles. The lowest BCUT2D eigenvalue weighted by molar-refractivity contribution is -0.120. The SMILES string of the molecule is COc1ccc(S(=O)(=O)NC2CCC(C(=O)Nc3nc4ccccc4s3)CC2)cc1. The molecule has 1 heterocycles. The number of thiazole rings is 1. The molecule has 0 radical (unpaired) electrons. The Labute approximate surface area is 179 Å². The fourth-order valence-electron chi connectivity index (χ4n) is 3.65. The summed E-state index contributed by atoms with van der Waals surface area (Å²) in [5.74, 6) is 0.415. The van der Waals surface area contributed by atoms with E-state index >= 15 is 0 Å². The van der Waals surface area contributed by atoms with Crippen LogP contribution in [0.3, 0.4) is 0 Å². The number of rotatable bonds is 6. The van der Waals surface area contributed by atoms with E-state index in [9.17, 15) is 13.2 Å². The Balaban J connectivity index is 1.32. The maximum atomic E-state index is 12.6. The van der Waals surface area contributed by atoms with E-state index in [0.29, 0.717) is 36.6 Å². The minimum absolute atomic E-state index is 0.0504. The van der Waals surface area contributed by atoms with E-state index in [1.807, 2.05) is 24.3 Å². The van der Waals surface area contributed by atoms with E-state index in [2.05, 4.69) is 15.0 Å². The van der Waals surface area contributed by atoms with Crippen molar-refractivity contribution in [3.05, 3.63) is 48.5 Å². The minimum Gasteiger partial charge on any atom is -0.497 e. The Hall–Kier alpha value is -2.49. The smallest absolute Gasteiger partial charge is 0.240 e. The Morgan fingerprint density at radius 1 is 1.07 bits per heavy atom. The molecule has 1 saturated carbocycles. The molecule has 0 atom stereocenters. The van der Waals surface area contributed by atoms with E-state index in [1.165, 1.54) is 30.6 Å². The monoisotopic (exact) mass is 445 g/mol. The van der Waals surface area contributed by atoms with Gasteiger partial charge in [-0.15, -0.1) is 0 Å². The quantitative estimate of drug-likeness (QED) is 0.602. The average molecular weight is 446 g/mol. The second-order valence-electron chi connectivity index (χ2n) is 7.32. The molecule has 30 heavy (non-hydrogen) atoms. The molecule has 7 nitrogen and oxygen atoms in total. The first-order valence-corrected chi connectivity index (χ1v) is 12.1. The van der Waals surface area contributed by atoms with Gasteiger partial charge in [0.2, 0.25) is 15.9 Å². The van der Waals surface area contributed by atoms with Gasteiger partial charge < -0.3 is 10.1 Å². The number of nitrogens with one attached hydrogen (secondary N) is 2. The summed E-state index contributed by atoms with van der Waals surface area (Å²) < 4.78 is 34.1. The van der Waals surface area contributed by atoms with Gasteiger partial charge in [-0.05, 0) is 62.1 Å². The second-order valence-corrected chi connectivity index (χ2v) is 10.1. The topological polar surface area (TPSA) is 97.4 Å². The number of nitrogens with zero attached hydrogens (tertiary/aromatic N) is 1. The number of para-hydroxylation sites is 1. The van der Waals surface area contributed by atoms with Crippen LogP contribution in [0.25, 0.3) is 10.2 Å². The summed E-state index contributed by atoms with van der Waals surface area (Å²) >= 11 is 1.45. The summed E-state index contributed by atoms with van der Waals surface area (Å²) in [6.45, 7) is 0. The standard InChI is InChI=1S/C21H23N3O4S2/c1-28-16-10-12-17(13-11-16)30(26,27)24-15-8-6-14(7-9-15)20(25)23-21-22-18-4-2-3-5-19(18)29-21/h2-5,10-15,24H,6-9H2,1H3,(H,22,23,25). The fraction of sp³-hybridized carbons (Fsp3) is 0.333. The van der Waals surface area contributed by atoms with Crippen LogP contribution in [0.4, 0.5) is 5.13 Å². The zero-order valence-corrected chi connectivity index (χ0v) is 18.1. The number of ether oxygens (including phenoxy) is 1. The lowest BCUT2D eigenvalue weighted by atomic mass is 9.86. The van der Waals surface area contributed by atoms with Gasteiger partial charge in [0.1, 0.15) is 5.75 Å². The van der Waals surface area contributed by atoms with E-state index < -0.39 is 10.0 Å². The van der Waals surface area contributed by atoms with Crippen LogP contribution in [-0.4, -0.2) is 32.5 Å². The number of fused-ring (bicyclic) bond motifs is 1. The normalized spacial score (nSPS) is 19.5. The third-order valence-corrected chi connectivity index (χ3v) is 7.80. The number of benzene rings is 2.